The number of hydrogen-bond donors (Lipinski definition) is 2. The molecule has 5 nitrogen and oxygen atoms in total. The molecule has 1 aliphatic heterocycles. The van der Waals surface area contributed by atoms with Gasteiger partial charge in [0, 0.05) is 31.0 Å². The first-order valence-electron chi connectivity index (χ1n) is 10.8. The van der Waals surface area contributed by atoms with Crippen molar-refractivity contribution in [2.24, 2.45) is 11.8 Å². The molecule has 1 saturated heterocycles. The van der Waals surface area contributed by atoms with Crippen LogP contribution in [0.1, 0.15) is 47.2 Å². The van der Waals surface area contributed by atoms with Crippen LogP contribution in [0.25, 0.3) is 0 Å². The van der Waals surface area contributed by atoms with Gasteiger partial charge < -0.3 is 10.2 Å². The number of benzene rings is 1. The van der Waals surface area contributed by atoms with Crippen molar-refractivity contribution in [2.45, 2.75) is 38.0 Å². The van der Waals surface area contributed by atoms with Crippen molar-refractivity contribution in [1.82, 2.24) is 14.9 Å². The van der Waals surface area contributed by atoms with E-state index < -0.39 is 45.9 Å². The summed E-state index contributed by atoms with van der Waals surface area (Å²) < 4.78 is 92.7. The van der Waals surface area contributed by atoms with Crippen molar-refractivity contribution in [2.75, 3.05) is 38.5 Å². The summed E-state index contributed by atoms with van der Waals surface area (Å²) in [5.74, 6) is 0.393. The maximum Gasteiger partial charge on any atom is 0.416 e. The van der Waals surface area contributed by atoms with Gasteiger partial charge >= 0.3 is 12.4 Å². The first-order valence-corrected chi connectivity index (χ1v) is 12.2. The van der Waals surface area contributed by atoms with Crippen molar-refractivity contribution >= 4 is 16.9 Å². The highest BCUT2D eigenvalue weighted by Crippen LogP contribution is 2.36. The lowest BCUT2D eigenvalue weighted by Crippen LogP contribution is -2.41. The van der Waals surface area contributed by atoms with E-state index in [0.717, 1.165) is 45.3 Å². The second-order valence-electron chi connectivity index (χ2n) is 8.64. The summed E-state index contributed by atoms with van der Waals surface area (Å²) >= 11 is 0. The quantitative estimate of drug-likeness (QED) is 0.508. The van der Waals surface area contributed by atoms with Gasteiger partial charge in [-0.25, -0.2) is 8.93 Å². The summed E-state index contributed by atoms with van der Waals surface area (Å²) in [7, 11) is -1.01. The van der Waals surface area contributed by atoms with E-state index in [0.29, 0.717) is 30.3 Å². The number of halogens is 6. The molecule has 1 atom stereocenters. The minimum absolute atomic E-state index is 0.00284. The van der Waals surface area contributed by atoms with Crippen molar-refractivity contribution in [1.29, 1.82) is 0 Å². The van der Waals surface area contributed by atoms with Gasteiger partial charge in [0.2, 0.25) is 0 Å². The molecule has 3 rings (SSSR count). The van der Waals surface area contributed by atoms with E-state index in [2.05, 4.69) is 14.9 Å². The van der Waals surface area contributed by atoms with Gasteiger partial charge in [0.05, 0.1) is 22.1 Å². The van der Waals surface area contributed by atoms with Crippen LogP contribution in [0.5, 0.6) is 0 Å². The van der Waals surface area contributed by atoms with Gasteiger partial charge in [0.25, 0.3) is 5.91 Å². The highest BCUT2D eigenvalue weighted by atomic mass is 32.2. The lowest BCUT2D eigenvalue weighted by molar-refractivity contribution is -0.143. The molecule has 1 unspecified atom stereocenters. The number of nitrogens with zero attached hydrogens (tertiary/aromatic N) is 1. The van der Waals surface area contributed by atoms with E-state index in [1.54, 1.807) is 0 Å². The maximum atomic E-state index is 13.0. The predicted octanol–water partition coefficient (Wildman–Crippen LogP) is 3.83. The Morgan fingerprint density at radius 2 is 1.52 bits per heavy atom. The molecule has 186 valence electrons. The van der Waals surface area contributed by atoms with E-state index in [-0.39, 0.29) is 18.5 Å². The van der Waals surface area contributed by atoms with Gasteiger partial charge in [0.15, 0.2) is 0 Å². The lowest BCUT2D eigenvalue weighted by Gasteiger charge is -2.32. The minimum Gasteiger partial charge on any atom is -0.352 e. The molecule has 1 aromatic carbocycles. The maximum absolute atomic E-state index is 13.0. The number of amides is 1. The molecule has 0 spiro atoms. The van der Waals surface area contributed by atoms with Crippen LogP contribution in [0.3, 0.4) is 0 Å². The third-order valence-corrected chi connectivity index (χ3v) is 7.18. The van der Waals surface area contributed by atoms with Crippen LogP contribution in [-0.2, 0) is 23.3 Å². The number of carbonyl (C=O) groups excluding carboxylic acids is 1. The fourth-order valence-corrected chi connectivity index (χ4v) is 4.91. The van der Waals surface area contributed by atoms with Crippen molar-refractivity contribution in [3.63, 3.8) is 0 Å². The standard InChI is InChI=1S/C21H27F6N3O2S/c22-20(23,24)17-9-16(10-18(11-17)21(25,26)27)19(31)28-12-14-3-6-30(7-4-14)8-5-29-33(32)13-15-1-2-15/h9-11,14-15,29H,1-8,12-13H2,(H,28,31). The first kappa shape index (κ1) is 26.0. The normalized spacial score (nSPS) is 19.5. The Labute approximate surface area is 190 Å². The van der Waals surface area contributed by atoms with Gasteiger partial charge in [-0.1, -0.05) is 0 Å². The molecule has 2 aliphatic rings. The van der Waals surface area contributed by atoms with Crippen LogP contribution >= 0.6 is 0 Å². The summed E-state index contributed by atoms with van der Waals surface area (Å²) in [5, 5.41) is 2.48. The molecule has 1 saturated carbocycles. The summed E-state index contributed by atoms with van der Waals surface area (Å²) in [4.78, 5) is 14.5. The van der Waals surface area contributed by atoms with E-state index in [4.69, 9.17) is 0 Å². The number of hydrogen-bond acceptors (Lipinski definition) is 3. The summed E-state index contributed by atoms with van der Waals surface area (Å²) in [5.41, 5.74) is -3.69. The molecule has 1 aromatic rings. The monoisotopic (exact) mass is 499 g/mol. The number of carbonyl (C=O) groups is 1. The van der Waals surface area contributed by atoms with Gasteiger partial charge in [-0.05, 0) is 68.8 Å². The van der Waals surface area contributed by atoms with Crippen molar-refractivity contribution < 1.29 is 35.3 Å². The zero-order valence-electron chi connectivity index (χ0n) is 17.9. The highest BCUT2D eigenvalue weighted by Gasteiger charge is 2.37. The zero-order valence-corrected chi connectivity index (χ0v) is 18.7. The highest BCUT2D eigenvalue weighted by molar-refractivity contribution is 7.83. The Hall–Kier alpha value is -1.66. The third-order valence-electron chi connectivity index (χ3n) is 5.88. The van der Waals surface area contributed by atoms with Crippen LogP contribution < -0.4 is 10.0 Å². The average molecular weight is 500 g/mol. The van der Waals surface area contributed by atoms with Gasteiger partial charge in [-0.15, -0.1) is 0 Å². The van der Waals surface area contributed by atoms with Gasteiger partial charge in [0.1, 0.15) is 0 Å². The molecule has 2 fully saturated rings. The third kappa shape index (κ3) is 8.25. The predicted molar refractivity (Wildman–Crippen MR) is 112 cm³/mol. The molecular formula is C21H27F6N3O2S. The van der Waals surface area contributed by atoms with Gasteiger partial charge in [-0.2, -0.15) is 26.3 Å². The van der Waals surface area contributed by atoms with E-state index in [9.17, 15) is 35.3 Å². The number of nitrogens with one attached hydrogen (secondary N) is 2. The molecule has 12 heteroatoms. The van der Waals surface area contributed by atoms with Gasteiger partial charge in [-0.3, -0.25) is 4.79 Å². The molecule has 0 bridgehead atoms. The average Bonchev–Trinajstić information content (AvgIpc) is 3.55. The van der Waals surface area contributed by atoms with E-state index >= 15 is 0 Å². The molecule has 33 heavy (non-hydrogen) atoms. The van der Waals surface area contributed by atoms with Crippen LogP contribution in [-0.4, -0.2) is 53.5 Å². The SMILES string of the molecule is O=C(NCC1CCN(CCNS(=O)CC2CC2)CC1)c1cc(C(F)(F)F)cc(C(F)(F)F)c1. The number of alkyl halides is 6. The van der Waals surface area contributed by atoms with Crippen LogP contribution in [0, 0.1) is 11.8 Å². The second kappa shape index (κ2) is 10.7. The van der Waals surface area contributed by atoms with Crippen molar-refractivity contribution in [3.8, 4) is 0 Å². The largest absolute Gasteiger partial charge is 0.416 e. The molecule has 0 radical (unpaired) electrons. The number of rotatable bonds is 9. The molecular weight excluding hydrogens is 472 g/mol. The molecule has 1 amide bonds. The first-order chi connectivity index (χ1) is 15.4. The Balaban J connectivity index is 1.45. The number of piperidine rings is 1. The van der Waals surface area contributed by atoms with Crippen molar-refractivity contribution in [3.05, 3.63) is 34.9 Å². The lowest BCUT2D eigenvalue weighted by atomic mass is 9.96. The molecule has 1 aliphatic carbocycles. The summed E-state index contributed by atoms with van der Waals surface area (Å²) in [6, 6.07) is 0.879. The fraction of sp³-hybridized carbons (Fsp3) is 0.667. The second-order valence-corrected chi connectivity index (χ2v) is 9.95. The zero-order chi connectivity index (χ0) is 24.2. The Morgan fingerprint density at radius 3 is 2.03 bits per heavy atom. The van der Waals surface area contributed by atoms with Crippen LogP contribution in [0.2, 0.25) is 0 Å². The Kier molecular flexibility index (Phi) is 8.44. The van der Waals surface area contributed by atoms with E-state index in [1.807, 2.05) is 0 Å². The molecule has 0 aromatic heterocycles. The molecule has 1 heterocycles. The Morgan fingerprint density at radius 1 is 0.939 bits per heavy atom. The van der Waals surface area contributed by atoms with E-state index in [1.165, 1.54) is 0 Å². The smallest absolute Gasteiger partial charge is 0.352 e. The topological polar surface area (TPSA) is 61.4 Å². The number of likely N-dealkylation sites (tertiary alicyclic amines) is 1. The minimum atomic E-state index is -5.00. The van der Waals surface area contributed by atoms with Crippen LogP contribution in [0.15, 0.2) is 18.2 Å². The Bertz CT molecular complexity index is 817. The summed E-state index contributed by atoms with van der Waals surface area (Å²) in [6.45, 7) is 3.02. The molecule has 2 N–H and O–H groups in total. The van der Waals surface area contributed by atoms with Crippen LogP contribution in [0.4, 0.5) is 26.3 Å². The summed E-state index contributed by atoms with van der Waals surface area (Å²) in [6.07, 6.45) is -6.22. The fourth-order valence-electron chi connectivity index (χ4n) is 3.71.